The highest BCUT2D eigenvalue weighted by Gasteiger charge is 2.14. The lowest BCUT2D eigenvalue weighted by Crippen LogP contribution is -2.24. The van der Waals surface area contributed by atoms with E-state index < -0.39 is 0 Å². The minimum atomic E-state index is 0.232. The molecule has 1 fully saturated rings. The smallest absolute Gasteiger partial charge is 0.135 e. The fourth-order valence-corrected chi connectivity index (χ4v) is 2.68. The van der Waals surface area contributed by atoms with Gasteiger partial charge in [-0.3, -0.25) is 0 Å². The quantitative estimate of drug-likeness (QED) is 0.799. The van der Waals surface area contributed by atoms with Gasteiger partial charge in [0, 0.05) is 17.6 Å². The molecule has 3 nitrogen and oxygen atoms in total. The molecule has 0 N–H and O–H groups in total. The van der Waals surface area contributed by atoms with Crippen LogP contribution in [0, 0.1) is 0 Å². The van der Waals surface area contributed by atoms with Gasteiger partial charge in [-0.1, -0.05) is 29.8 Å². The molecule has 1 aliphatic rings. The molecule has 2 heterocycles. The van der Waals surface area contributed by atoms with Crippen molar-refractivity contribution in [3.8, 4) is 0 Å². The zero-order chi connectivity index (χ0) is 13.8. The zero-order valence-corrected chi connectivity index (χ0v) is 12.1. The molecule has 4 heteroatoms. The van der Waals surface area contributed by atoms with E-state index in [-0.39, 0.29) is 6.10 Å². The molecule has 0 spiro atoms. The van der Waals surface area contributed by atoms with Crippen LogP contribution in [-0.4, -0.2) is 24.3 Å². The summed E-state index contributed by atoms with van der Waals surface area (Å²) in [5.41, 5.74) is 1.85. The van der Waals surface area contributed by atoms with Crippen molar-refractivity contribution in [3.05, 3.63) is 41.0 Å². The Kier molecular flexibility index (Phi) is 4.51. The van der Waals surface area contributed by atoms with Crippen molar-refractivity contribution in [2.75, 3.05) is 13.2 Å². The first-order valence-electron chi connectivity index (χ1n) is 7.06. The number of fused-ring (bicyclic) bond motifs is 1. The van der Waals surface area contributed by atoms with Gasteiger partial charge in [-0.05, 0) is 31.4 Å². The normalized spacial score (nSPS) is 19.4. The van der Waals surface area contributed by atoms with Gasteiger partial charge in [0.2, 0.25) is 0 Å². The molecule has 3 rings (SSSR count). The Morgan fingerprint density at radius 1 is 1.30 bits per heavy atom. The lowest BCUT2D eigenvalue weighted by Gasteiger charge is -2.22. The van der Waals surface area contributed by atoms with Crippen LogP contribution in [0.1, 0.15) is 24.8 Å². The summed E-state index contributed by atoms with van der Waals surface area (Å²) in [5, 5.41) is 1.61. The molecule has 1 aromatic carbocycles. The van der Waals surface area contributed by atoms with E-state index in [2.05, 4.69) is 4.98 Å². The van der Waals surface area contributed by atoms with Gasteiger partial charge in [0.1, 0.15) is 5.15 Å². The van der Waals surface area contributed by atoms with Crippen LogP contribution in [0.25, 0.3) is 10.9 Å². The Morgan fingerprint density at radius 3 is 3.05 bits per heavy atom. The Hall–Kier alpha value is -1.16. The first-order chi connectivity index (χ1) is 9.83. The number of nitrogens with zero attached hydrogens (tertiary/aromatic N) is 1. The van der Waals surface area contributed by atoms with E-state index in [1.807, 2.05) is 30.3 Å². The van der Waals surface area contributed by atoms with Gasteiger partial charge < -0.3 is 9.47 Å². The van der Waals surface area contributed by atoms with Crippen LogP contribution in [-0.2, 0) is 16.1 Å². The number of para-hydroxylation sites is 1. The van der Waals surface area contributed by atoms with Crippen molar-refractivity contribution < 1.29 is 9.47 Å². The first kappa shape index (κ1) is 13.8. The standard InChI is InChI=1S/C16H18ClNO2/c17-16-13(9-12-5-1-2-7-15(12)18-16)10-19-11-14-6-3-4-8-20-14/h1-2,5,7,9,14H,3-4,6,8,10-11H2. The maximum atomic E-state index is 6.20. The molecule has 1 saturated heterocycles. The van der Waals surface area contributed by atoms with E-state index in [1.54, 1.807) is 0 Å². The van der Waals surface area contributed by atoms with Gasteiger partial charge in [0.05, 0.1) is 24.8 Å². The van der Waals surface area contributed by atoms with E-state index in [1.165, 1.54) is 6.42 Å². The third-order valence-electron chi connectivity index (χ3n) is 3.59. The summed E-state index contributed by atoms with van der Waals surface area (Å²) < 4.78 is 11.4. The highest BCUT2D eigenvalue weighted by atomic mass is 35.5. The molecule has 1 aromatic heterocycles. The highest BCUT2D eigenvalue weighted by Crippen LogP contribution is 2.21. The van der Waals surface area contributed by atoms with E-state index >= 15 is 0 Å². The van der Waals surface area contributed by atoms with E-state index in [0.29, 0.717) is 18.4 Å². The Bertz CT molecular complexity index is 582. The lowest BCUT2D eigenvalue weighted by atomic mass is 10.1. The number of ether oxygens (including phenoxy) is 2. The van der Waals surface area contributed by atoms with Gasteiger partial charge in [0.15, 0.2) is 0 Å². The predicted molar refractivity (Wildman–Crippen MR) is 80.0 cm³/mol. The third kappa shape index (κ3) is 3.29. The van der Waals surface area contributed by atoms with Crippen molar-refractivity contribution in [1.82, 2.24) is 4.98 Å². The van der Waals surface area contributed by atoms with E-state index in [9.17, 15) is 0 Å². The summed E-state index contributed by atoms with van der Waals surface area (Å²) in [6.07, 6.45) is 3.71. The summed E-state index contributed by atoms with van der Waals surface area (Å²) in [7, 11) is 0. The fraction of sp³-hybridized carbons (Fsp3) is 0.438. The maximum Gasteiger partial charge on any atom is 0.135 e. The molecule has 1 unspecified atom stereocenters. The second-order valence-electron chi connectivity index (χ2n) is 5.13. The SMILES string of the molecule is Clc1nc2ccccc2cc1COCC1CCCCO1. The molecular formula is C16H18ClNO2. The van der Waals surface area contributed by atoms with Crippen LogP contribution in [0.3, 0.4) is 0 Å². The monoisotopic (exact) mass is 291 g/mol. The van der Waals surface area contributed by atoms with Crippen molar-refractivity contribution in [3.63, 3.8) is 0 Å². The van der Waals surface area contributed by atoms with Crippen molar-refractivity contribution in [1.29, 1.82) is 0 Å². The molecule has 0 amide bonds. The summed E-state index contributed by atoms with van der Waals surface area (Å²) in [5.74, 6) is 0. The summed E-state index contributed by atoms with van der Waals surface area (Å²) in [6.45, 7) is 1.96. The Morgan fingerprint density at radius 2 is 2.20 bits per heavy atom. The predicted octanol–water partition coefficient (Wildman–Crippen LogP) is 3.97. The number of pyridine rings is 1. The summed E-state index contributed by atoms with van der Waals surface area (Å²) in [4.78, 5) is 4.40. The largest absolute Gasteiger partial charge is 0.376 e. The van der Waals surface area contributed by atoms with Gasteiger partial charge in [-0.2, -0.15) is 0 Å². The number of benzene rings is 1. The zero-order valence-electron chi connectivity index (χ0n) is 11.3. The number of hydrogen-bond donors (Lipinski definition) is 0. The molecule has 20 heavy (non-hydrogen) atoms. The molecule has 0 radical (unpaired) electrons. The third-order valence-corrected chi connectivity index (χ3v) is 3.91. The van der Waals surface area contributed by atoms with Crippen LogP contribution < -0.4 is 0 Å². The van der Waals surface area contributed by atoms with Crippen molar-refractivity contribution in [2.45, 2.75) is 32.0 Å². The minimum absolute atomic E-state index is 0.232. The topological polar surface area (TPSA) is 31.4 Å². The van der Waals surface area contributed by atoms with Crippen LogP contribution in [0.15, 0.2) is 30.3 Å². The van der Waals surface area contributed by atoms with Gasteiger partial charge >= 0.3 is 0 Å². The number of aromatic nitrogens is 1. The molecule has 1 atom stereocenters. The molecule has 106 valence electrons. The molecule has 2 aromatic rings. The van der Waals surface area contributed by atoms with Gasteiger partial charge in [0.25, 0.3) is 0 Å². The van der Waals surface area contributed by atoms with Gasteiger partial charge in [-0.15, -0.1) is 0 Å². The number of hydrogen-bond acceptors (Lipinski definition) is 3. The second kappa shape index (κ2) is 6.53. The maximum absolute atomic E-state index is 6.20. The molecule has 1 aliphatic heterocycles. The Balaban J connectivity index is 1.63. The molecular weight excluding hydrogens is 274 g/mol. The number of halogens is 1. The molecule has 0 saturated carbocycles. The van der Waals surface area contributed by atoms with Gasteiger partial charge in [-0.25, -0.2) is 4.98 Å². The highest BCUT2D eigenvalue weighted by molar-refractivity contribution is 6.30. The molecule has 0 bridgehead atoms. The second-order valence-corrected chi connectivity index (χ2v) is 5.49. The van der Waals surface area contributed by atoms with Crippen molar-refractivity contribution >= 4 is 22.5 Å². The van der Waals surface area contributed by atoms with Crippen LogP contribution in [0.2, 0.25) is 5.15 Å². The van der Waals surface area contributed by atoms with E-state index in [4.69, 9.17) is 21.1 Å². The molecule has 0 aliphatic carbocycles. The first-order valence-corrected chi connectivity index (χ1v) is 7.44. The minimum Gasteiger partial charge on any atom is -0.376 e. The average Bonchev–Trinajstić information content (AvgIpc) is 2.49. The fourth-order valence-electron chi connectivity index (χ4n) is 2.48. The average molecular weight is 292 g/mol. The number of rotatable bonds is 4. The van der Waals surface area contributed by atoms with Crippen LogP contribution in [0.5, 0.6) is 0 Å². The summed E-state index contributed by atoms with van der Waals surface area (Å²) in [6, 6.07) is 10.0. The Labute approximate surface area is 123 Å². The van der Waals surface area contributed by atoms with E-state index in [0.717, 1.165) is 35.9 Å². The van der Waals surface area contributed by atoms with Crippen LogP contribution >= 0.6 is 11.6 Å². The summed E-state index contributed by atoms with van der Waals surface area (Å²) >= 11 is 6.20. The van der Waals surface area contributed by atoms with Crippen molar-refractivity contribution in [2.24, 2.45) is 0 Å². The lowest BCUT2D eigenvalue weighted by molar-refractivity contribution is -0.0447. The van der Waals surface area contributed by atoms with Crippen LogP contribution in [0.4, 0.5) is 0 Å².